The molecule has 0 heterocycles. The topological polar surface area (TPSA) is 196 Å². The number of carboxylic acid groups (broad SMARTS) is 2. The number of esters is 1. The van der Waals surface area contributed by atoms with E-state index < -0.39 is 23.9 Å². The number of methoxy groups -OCH3 is 1. The standard InChI is InChI=1S/C37H68N2O12/c1-47-37(46)32(20-21-33(40)38-23-25-49-27-29-51-31-30-50-28-26-48-24-22-36(44)45)39-34(41)18-16-14-12-10-8-6-4-2-3-5-7-9-11-13-15-17-19-35(42)43/h32H,2-31H2,1H3,(H,38,40)(H,39,41)(H,42,43)(H,44,45)/t32-/m0/s1. The van der Waals surface area contributed by atoms with Gasteiger partial charge in [-0.1, -0.05) is 89.9 Å². The highest BCUT2D eigenvalue weighted by molar-refractivity contribution is 5.85. The summed E-state index contributed by atoms with van der Waals surface area (Å²) < 4.78 is 26.1. The van der Waals surface area contributed by atoms with Gasteiger partial charge in [0.1, 0.15) is 6.04 Å². The maximum Gasteiger partial charge on any atom is 0.328 e. The lowest BCUT2D eigenvalue weighted by atomic mass is 10.0. The summed E-state index contributed by atoms with van der Waals surface area (Å²) in [4.78, 5) is 57.7. The van der Waals surface area contributed by atoms with E-state index in [1.807, 2.05) is 0 Å². The SMILES string of the molecule is COC(=O)[C@H](CCC(=O)NCCOCCOCCOCCOCCC(=O)O)NC(=O)CCCCCCCCCCCCCCCCCCC(=O)O. The van der Waals surface area contributed by atoms with Crippen LogP contribution in [0.2, 0.25) is 0 Å². The lowest BCUT2D eigenvalue weighted by molar-refractivity contribution is -0.145. The van der Waals surface area contributed by atoms with E-state index in [1.54, 1.807) is 0 Å². The molecule has 0 aliphatic rings. The number of unbranched alkanes of at least 4 members (excludes halogenated alkanes) is 15. The first kappa shape index (κ1) is 48.2. The molecule has 2 amide bonds. The molecule has 1 atom stereocenters. The zero-order chi connectivity index (χ0) is 37.6. The molecule has 298 valence electrons. The minimum absolute atomic E-state index is 0.0316. The number of amides is 2. The van der Waals surface area contributed by atoms with Crippen molar-refractivity contribution in [1.82, 2.24) is 10.6 Å². The predicted molar refractivity (Wildman–Crippen MR) is 192 cm³/mol. The van der Waals surface area contributed by atoms with Gasteiger partial charge in [-0.3, -0.25) is 19.2 Å². The Kier molecular flexibility index (Phi) is 34.9. The smallest absolute Gasteiger partial charge is 0.328 e. The second-order valence-corrected chi connectivity index (χ2v) is 12.7. The highest BCUT2D eigenvalue weighted by atomic mass is 16.6. The molecule has 0 aliphatic heterocycles. The van der Waals surface area contributed by atoms with Crippen molar-refractivity contribution >= 4 is 29.7 Å². The molecule has 14 heteroatoms. The Morgan fingerprint density at radius 2 is 0.863 bits per heavy atom. The van der Waals surface area contributed by atoms with Gasteiger partial charge >= 0.3 is 17.9 Å². The summed E-state index contributed by atoms with van der Waals surface area (Å²) in [5.41, 5.74) is 0. The maximum absolute atomic E-state index is 12.4. The second-order valence-electron chi connectivity index (χ2n) is 12.7. The number of ether oxygens (including phenoxy) is 5. The predicted octanol–water partition coefficient (Wildman–Crippen LogP) is 5.19. The van der Waals surface area contributed by atoms with Crippen LogP contribution in [0.1, 0.15) is 135 Å². The van der Waals surface area contributed by atoms with Crippen LogP contribution in [-0.2, 0) is 47.7 Å². The van der Waals surface area contributed by atoms with Crippen molar-refractivity contribution in [3.63, 3.8) is 0 Å². The van der Waals surface area contributed by atoms with E-state index in [1.165, 1.54) is 64.9 Å². The molecule has 4 N–H and O–H groups in total. The van der Waals surface area contributed by atoms with Gasteiger partial charge in [0, 0.05) is 25.8 Å². The average Bonchev–Trinajstić information content (AvgIpc) is 3.10. The molecule has 0 rings (SSSR count). The Balaban J connectivity index is 3.68. The number of aliphatic carboxylic acids is 2. The fourth-order valence-electron chi connectivity index (χ4n) is 5.24. The third-order valence-corrected chi connectivity index (χ3v) is 8.17. The van der Waals surface area contributed by atoms with Crippen LogP contribution in [0, 0.1) is 0 Å². The normalized spacial score (nSPS) is 11.6. The first-order valence-electron chi connectivity index (χ1n) is 19.1. The van der Waals surface area contributed by atoms with Crippen molar-refractivity contribution in [3.05, 3.63) is 0 Å². The quantitative estimate of drug-likeness (QED) is 0.0478. The molecular weight excluding hydrogens is 664 g/mol. The van der Waals surface area contributed by atoms with Gasteiger partial charge in [0.05, 0.1) is 66.4 Å². The molecule has 14 nitrogen and oxygen atoms in total. The number of carbonyl (C=O) groups is 5. The summed E-state index contributed by atoms with van der Waals surface area (Å²) in [6.45, 7) is 2.95. The summed E-state index contributed by atoms with van der Waals surface area (Å²) in [7, 11) is 1.26. The molecule has 0 unspecified atom stereocenters. The number of carboxylic acids is 2. The van der Waals surface area contributed by atoms with Crippen molar-refractivity contribution < 1.29 is 57.9 Å². The summed E-state index contributed by atoms with van der Waals surface area (Å²) >= 11 is 0. The van der Waals surface area contributed by atoms with Crippen molar-refractivity contribution in [2.75, 3.05) is 66.5 Å². The zero-order valence-corrected chi connectivity index (χ0v) is 31.3. The van der Waals surface area contributed by atoms with Crippen molar-refractivity contribution in [3.8, 4) is 0 Å². The number of nitrogens with one attached hydrogen (secondary N) is 2. The van der Waals surface area contributed by atoms with Gasteiger partial charge in [0.15, 0.2) is 0 Å². The molecule has 0 saturated carbocycles. The number of hydrogen-bond donors (Lipinski definition) is 4. The van der Waals surface area contributed by atoms with Crippen LogP contribution in [-0.4, -0.2) is 112 Å². The van der Waals surface area contributed by atoms with Crippen LogP contribution in [0.25, 0.3) is 0 Å². The summed E-state index contributed by atoms with van der Waals surface area (Å²) in [5.74, 6) is -2.63. The first-order valence-corrected chi connectivity index (χ1v) is 19.1. The largest absolute Gasteiger partial charge is 0.481 e. The molecule has 0 aromatic carbocycles. The third kappa shape index (κ3) is 36.8. The van der Waals surface area contributed by atoms with Crippen LogP contribution in [0.15, 0.2) is 0 Å². The monoisotopic (exact) mass is 732 g/mol. The van der Waals surface area contributed by atoms with E-state index >= 15 is 0 Å². The lowest BCUT2D eigenvalue weighted by Gasteiger charge is -2.16. The molecule has 51 heavy (non-hydrogen) atoms. The fraction of sp³-hybridized carbons (Fsp3) is 0.865. The molecule has 0 bridgehead atoms. The van der Waals surface area contributed by atoms with E-state index in [0.29, 0.717) is 65.6 Å². The Morgan fingerprint density at radius 3 is 1.29 bits per heavy atom. The van der Waals surface area contributed by atoms with E-state index in [4.69, 9.17) is 33.9 Å². The molecule has 0 aliphatic carbocycles. The van der Waals surface area contributed by atoms with Gasteiger partial charge < -0.3 is 44.5 Å². The number of rotatable bonds is 39. The van der Waals surface area contributed by atoms with Crippen molar-refractivity contribution in [2.45, 2.75) is 141 Å². The van der Waals surface area contributed by atoms with Crippen LogP contribution in [0.3, 0.4) is 0 Å². The number of carbonyl (C=O) groups excluding carboxylic acids is 3. The Labute approximate surface area is 305 Å². The van der Waals surface area contributed by atoms with Crippen LogP contribution >= 0.6 is 0 Å². The first-order chi connectivity index (χ1) is 24.8. The lowest BCUT2D eigenvalue weighted by Crippen LogP contribution is -2.42. The fourth-order valence-corrected chi connectivity index (χ4v) is 5.24. The van der Waals surface area contributed by atoms with Crippen LogP contribution in [0.5, 0.6) is 0 Å². The van der Waals surface area contributed by atoms with E-state index in [0.717, 1.165) is 44.9 Å². The molecule has 0 aromatic heterocycles. The van der Waals surface area contributed by atoms with E-state index in [2.05, 4.69) is 10.6 Å². The summed E-state index contributed by atoms with van der Waals surface area (Å²) in [5, 5.41) is 22.6. The van der Waals surface area contributed by atoms with Gasteiger partial charge in [0.2, 0.25) is 11.8 Å². The molecule has 0 saturated heterocycles. The van der Waals surface area contributed by atoms with Crippen LogP contribution in [0.4, 0.5) is 0 Å². The molecule has 0 fully saturated rings. The van der Waals surface area contributed by atoms with Crippen molar-refractivity contribution in [2.24, 2.45) is 0 Å². The Morgan fingerprint density at radius 1 is 0.471 bits per heavy atom. The van der Waals surface area contributed by atoms with Gasteiger partial charge in [-0.2, -0.15) is 0 Å². The average molecular weight is 733 g/mol. The Bertz CT molecular complexity index is 890. The van der Waals surface area contributed by atoms with Gasteiger partial charge in [-0.15, -0.1) is 0 Å². The van der Waals surface area contributed by atoms with Gasteiger partial charge in [-0.05, 0) is 19.3 Å². The van der Waals surface area contributed by atoms with Gasteiger partial charge in [0.25, 0.3) is 0 Å². The molecule has 0 radical (unpaired) electrons. The Hall–Kier alpha value is -2.81. The number of hydrogen-bond acceptors (Lipinski definition) is 10. The minimum atomic E-state index is -0.898. The summed E-state index contributed by atoms with van der Waals surface area (Å²) in [6.07, 6.45) is 19.0. The highest BCUT2D eigenvalue weighted by Crippen LogP contribution is 2.14. The molecular formula is C37H68N2O12. The van der Waals surface area contributed by atoms with E-state index in [-0.39, 0.29) is 37.7 Å². The third-order valence-electron chi connectivity index (χ3n) is 8.17. The highest BCUT2D eigenvalue weighted by Gasteiger charge is 2.22. The summed E-state index contributed by atoms with van der Waals surface area (Å²) in [6, 6.07) is -0.870. The second kappa shape index (κ2) is 37.0. The zero-order valence-electron chi connectivity index (χ0n) is 31.3. The van der Waals surface area contributed by atoms with Gasteiger partial charge in [-0.25, -0.2) is 4.79 Å². The van der Waals surface area contributed by atoms with Crippen LogP contribution < -0.4 is 10.6 Å². The molecule has 0 spiro atoms. The minimum Gasteiger partial charge on any atom is -0.481 e. The molecule has 0 aromatic rings. The maximum atomic E-state index is 12.4. The van der Waals surface area contributed by atoms with Crippen molar-refractivity contribution in [1.29, 1.82) is 0 Å². The van der Waals surface area contributed by atoms with E-state index in [9.17, 15) is 24.0 Å².